The van der Waals surface area contributed by atoms with Crippen LogP contribution in [0.2, 0.25) is 0 Å². The van der Waals surface area contributed by atoms with E-state index in [1.165, 1.54) is 25.3 Å². The van der Waals surface area contributed by atoms with Gasteiger partial charge in [0.25, 0.3) is 5.91 Å². The molecule has 28 heavy (non-hydrogen) atoms. The van der Waals surface area contributed by atoms with Crippen molar-refractivity contribution in [2.75, 3.05) is 27.7 Å². The molecule has 0 aromatic heterocycles. The van der Waals surface area contributed by atoms with Crippen molar-refractivity contribution >= 4 is 5.91 Å². The molecule has 0 saturated carbocycles. The van der Waals surface area contributed by atoms with Crippen LogP contribution in [0.5, 0.6) is 11.5 Å². The fourth-order valence-electron chi connectivity index (χ4n) is 2.67. The van der Waals surface area contributed by atoms with Gasteiger partial charge >= 0.3 is 6.61 Å². The average Bonchev–Trinajstić information content (AvgIpc) is 2.63. The lowest BCUT2D eigenvalue weighted by Crippen LogP contribution is -2.35. The van der Waals surface area contributed by atoms with E-state index in [0.717, 1.165) is 18.2 Å². The highest BCUT2D eigenvalue weighted by atomic mass is 19.3. The van der Waals surface area contributed by atoms with Gasteiger partial charge < -0.3 is 19.7 Å². The van der Waals surface area contributed by atoms with E-state index in [2.05, 4.69) is 10.1 Å². The monoisotopic (exact) mass is 400 g/mol. The molecule has 0 spiro atoms. The Bertz CT molecular complexity index is 811. The maximum atomic E-state index is 14.1. The number of ether oxygens (including phenoxy) is 2. The zero-order valence-electron chi connectivity index (χ0n) is 15.5. The zero-order valence-corrected chi connectivity index (χ0v) is 15.5. The fourth-order valence-corrected chi connectivity index (χ4v) is 2.67. The first-order chi connectivity index (χ1) is 13.2. The Morgan fingerprint density at radius 1 is 1.11 bits per heavy atom. The van der Waals surface area contributed by atoms with E-state index in [9.17, 15) is 22.4 Å². The predicted molar refractivity (Wildman–Crippen MR) is 94.7 cm³/mol. The molecule has 0 aliphatic carbocycles. The van der Waals surface area contributed by atoms with Crippen molar-refractivity contribution < 1.29 is 31.8 Å². The molecule has 152 valence electrons. The minimum atomic E-state index is -3.09. The number of carbonyl (C=O) groups is 1. The summed E-state index contributed by atoms with van der Waals surface area (Å²) < 4.78 is 62.5. The Morgan fingerprint density at radius 2 is 1.75 bits per heavy atom. The Labute approximate surface area is 159 Å². The van der Waals surface area contributed by atoms with E-state index >= 15 is 0 Å². The van der Waals surface area contributed by atoms with Gasteiger partial charge in [-0.2, -0.15) is 8.78 Å². The van der Waals surface area contributed by atoms with Crippen molar-refractivity contribution in [3.63, 3.8) is 0 Å². The van der Waals surface area contributed by atoms with Crippen molar-refractivity contribution in [2.45, 2.75) is 12.7 Å². The second-order valence-electron chi connectivity index (χ2n) is 6.07. The summed E-state index contributed by atoms with van der Waals surface area (Å²) in [5.41, 5.74) is -0.146. The van der Waals surface area contributed by atoms with Gasteiger partial charge in [0.15, 0.2) is 11.5 Å². The third-order valence-electron chi connectivity index (χ3n) is 4.05. The maximum absolute atomic E-state index is 14.1. The summed E-state index contributed by atoms with van der Waals surface area (Å²) in [7, 11) is 4.51. The Kier molecular flexibility index (Phi) is 7.22. The van der Waals surface area contributed by atoms with E-state index in [1.54, 1.807) is 19.0 Å². The summed E-state index contributed by atoms with van der Waals surface area (Å²) in [6.45, 7) is -3.20. The van der Waals surface area contributed by atoms with Crippen molar-refractivity contribution in [1.29, 1.82) is 0 Å². The number of hydrogen-bond donors (Lipinski definition) is 1. The number of halogens is 4. The van der Waals surface area contributed by atoms with Gasteiger partial charge in [-0.1, -0.05) is 6.07 Å². The van der Waals surface area contributed by atoms with Gasteiger partial charge in [-0.25, -0.2) is 8.78 Å². The number of nitrogens with one attached hydrogen (secondary N) is 1. The average molecular weight is 400 g/mol. The molecule has 1 atom stereocenters. The lowest BCUT2D eigenvalue weighted by atomic mass is 10.0. The topological polar surface area (TPSA) is 50.8 Å². The van der Waals surface area contributed by atoms with Crippen molar-refractivity contribution in [3.8, 4) is 11.5 Å². The number of methoxy groups -OCH3 is 1. The lowest BCUT2D eigenvalue weighted by molar-refractivity contribution is -0.0512. The molecule has 0 bridgehead atoms. The highest BCUT2D eigenvalue weighted by molar-refractivity contribution is 5.94. The van der Waals surface area contributed by atoms with Gasteiger partial charge in [-0.3, -0.25) is 4.79 Å². The number of alkyl halides is 2. The lowest BCUT2D eigenvalue weighted by Gasteiger charge is -2.26. The van der Waals surface area contributed by atoms with Gasteiger partial charge in [-0.15, -0.1) is 0 Å². The molecule has 1 unspecified atom stereocenters. The van der Waals surface area contributed by atoms with E-state index in [-0.39, 0.29) is 29.2 Å². The molecule has 9 heteroatoms. The van der Waals surface area contributed by atoms with Crippen molar-refractivity contribution in [3.05, 3.63) is 59.2 Å². The van der Waals surface area contributed by atoms with Gasteiger partial charge in [0.1, 0.15) is 11.6 Å². The first kappa shape index (κ1) is 21.5. The summed E-state index contributed by atoms with van der Waals surface area (Å²) in [4.78, 5) is 14.0. The van der Waals surface area contributed by atoms with Gasteiger partial charge in [-0.05, 0) is 44.4 Å². The van der Waals surface area contributed by atoms with Crippen LogP contribution in [0, 0.1) is 11.6 Å². The summed E-state index contributed by atoms with van der Waals surface area (Å²) in [6, 6.07) is 6.52. The molecule has 0 radical (unpaired) electrons. The van der Waals surface area contributed by atoms with Gasteiger partial charge in [0.05, 0.1) is 13.2 Å². The summed E-state index contributed by atoms with van der Waals surface area (Å²) in [5, 5.41) is 2.55. The van der Waals surface area contributed by atoms with Crippen LogP contribution >= 0.6 is 0 Å². The van der Waals surface area contributed by atoms with Gasteiger partial charge in [0.2, 0.25) is 0 Å². The molecule has 0 fully saturated rings. The molecule has 2 rings (SSSR count). The van der Waals surface area contributed by atoms with Crippen LogP contribution in [0.1, 0.15) is 22.0 Å². The highest BCUT2D eigenvalue weighted by Crippen LogP contribution is 2.30. The molecule has 0 saturated heterocycles. The first-order valence-electron chi connectivity index (χ1n) is 8.26. The van der Waals surface area contributed by atoms with Crippen LogP contribution in [-0.4, -0.2) is 45.2 Å². The third kappa shape index (κ3) is 5.13. The molecule has 0 aliphatic heterocycles. The standard InChI is InChI=1S/C19H20F4N2O3/c1-25(2)14(17-12(20)5-4-6-13(17)21)10-24-18(26)11-7-8-15(27-3)16(9-11)28-19(22)23/h4-9,14,19H,10H2,1-3H3,(H,24,26). The summed E-state index contributed by atoms with van der Waals surface area (Å²) >= 11 is 0. The second kappa shape index (κ2) is 9.41. The molecule has 0 heterocycles. The van der Waals surface area contributed by atoms with E-state index in [0.29, 0.717) is 0 Å². The Balaban J connectivity index is 2.19. The smallest absolute Gasteiger partial charge is 0.387 e. The van der Waals surface area contributed by atoms with Crippen LogP contribution in [0.3, 0.4) is 0 Å². The maximum Gasteiger partial charge on any atom is 0.387 e. The minimum absolute atomic E-state index is 0.0305. The predicted octanol–water partition coefficient (Wildman–Crippen LogP) is 3.61. The Morgan fingerprint density at radius 3 is 2.29 bits per heavy atom. The quantitative estimate of drug-likeness (QED) is 0.688. The number of benzene rings is 2. The van der Waals surface area contributed by atoms with Gasteiger partial charge in [0, 0.05) is 17.7 Å². The highest BCUT2D eigenvalue weighted by Gasteiger charge is 2.23. The van der Waals surface area contributed by atoms with Crippen molar-refractivity contribution in [1.82, 2.24) is 10.2 Å². The largest absolute Gasteiger partial charge is 0.493 e. The molecular formula is C19H20F4N2O3. The number of carbonyl (C=O) groups excluding carboxylic acids is 1. The zero-order chi connectivity index (χ0) is 20.8. The molecule has 2 aromatic carbocycles. The number of amides is 1. The first-order valence-corrected chi connectivity index (χ1v) is 8.26. The number of rotatable bonds is 8. The van der Waals surface area contributed by atoms with Crippen LogP contribution in [0.25, 0.3) is 0 Å². The van der Waals surface area contributed by atoms with E-state index in [1.807, 2.05) is 0 Å². The summed E-state index contributed by atoms with van der Waals surface area (Å²) in [6.07, 6.45) is 0. The molecule has 2 aromatic rings. The normalized spacial score (nSPS) is 12.2. The molecule has 0 aliphatic rings. The van der Waals surface area contributed by atoms with Crippen LogP contribution in [-0.2, 0) is 0 Å². The van der Waals surface area contributed by atoms with Crippen LogP contribution < -0.4 is 14.8 Å². The van der Waals surface area contributed by atoms with E-state index in [4.69, 9.17) is 4.74 Å². The van der Waals surface area contributed by atoms with E-state index < -0.39 is 30.2 Å². The summed E-state index contributed by atoms with van der Waals surface area (Å²) in [5.74, 6) is -2.34. The second-order valence-corrected chi connectivity index (χ2v) is 6.07. The molecular weight excluding hydrogens is 380 g/mol. The molecule has 5 nitrogen and oxygen atoms in total. The number of likely N-dealkylation sites (N-methyl/N-ethyl adjacent to an activating group) is 1. The third-order valence-corrected chi connectivity index (χ3v) is 4.05. The number of nitrogens with zero attached hydrogens (tertiary/aromatic N) is 1. The molecule has 1 N–H and O–H groups in total. The fraction of sp³-hybridized carbons (Fsp3) is 0.316. The SMILES string of the molecule is COc1ccc(C(=O)NCC(c2c(F)cccc2F)N(C)C)cc1OC(F)F. The number of hydrogen-bond acceptors (Lipinski definition) is 4. The van der Waals surface area contributed by atoms with Crippen LogP contribution in [0.15, 0.2) is 36.4 Å². The molecule has 1 amide bonds. The van der Waals surface area contributed by atoms with Crippen molar-refractivity contribution in [2.24, 2.45) is 0 Å². The van der Waals surface area contributed by atoms with Crippen LogP contribution in [0.4, 0.5) is 17.6 Å². The minimum Gasteiger partial charge on any atom is -0.493 e. The Hall–Kier alpha value is -2.81.